The second-order valence-corrected chi connectivity index (χ2v) is 9.44. The van der Waals surface area contributed by atoms with E-state index in [1.807, 2.05) is 32.2 Å². The number of rotatable bonds is 7. The number of benzene rings is 2. The van der Waals surface area contributed by atoms with Crippen molar-refractivity contribution in [3.05, 3.63) is 108 Å². The molecule has 1 aliphatic carbocycles. The first-order chi connectivity index (χ1) is 16.3. The second kappa shape index (κ2) is 11.6. The fourth-order valence-corrected chi connectivity index (χ4v) is 5.20. The Morgan fingerprint density at radius 3 is 2.76 bits per heavy atom. The van der Waals surface area contributed by atoms with Crippen molar-refractivity contribution in [2.75, 3.05) is 18.1 Å². The molecule has 4 rings (SSSR count). The Morgan fingerprint density at radius 1 is 1.12 bits per heavy atom. The Labute approximate surface area is 204 Å². The molecule has 0 unspecified atom stereocenters. The maximum atomic E-state index is 4.76. The van der Waals surface area contributed by atoms with Gasteiger partial charge in [0.25, 0.3) is 0 Å². The minimum Gasteiger partial charge on any atom is -0.356 e. The number of fused-ring (bicyclic) bond motifs is 1. The molecule has 166 valence electrons. The highest BCUT2D eigenvalue weighted by molar-refractivity contribution is 8.14. The van der Waals surface area contributed by atoms with Crippen molar-refractivity contribution >= 4 is 44.0 Å². The van der Waals surface area contributed by atoms with Gasteiger partial charge in [0.2, 0.25) is 0 Å². The van der Waals surface area contributed by atoms with Crippen molar-refractivity contribution in [2.24, 2.45) is 4.99 Å². The lowest BCUT2D eigenvalue weighted by atomic mass is 10.2. The van der Waals surface area contributed by atoms with Gasteiger partial charge in [-0.25, -0.2) is 4.98 Å². The molecule has 0 radical (unpaired) electrons. The normalized spacial score (nSPS) is 14.7. The SMILES string of the molecule is C/C=C\C=C/CS/C(=N\C)C1=CC=C(Nc2ccc(-c3nc4ccccc4s3)cc2)C=CC1. The number of nitrogens with zero attached hydrogens (tertiary/aromatic N) is 2. The Morgan fingerprint density at radius 2 is 1.97 bits per heavy atom. The number of aliphatic imine (C=N–C) groups is 1. The van der Waals surface area contributed by atoms with Gasteiger partial charge in [0.1, 0.15) is 5.01 Å². The third-order valence-electron chi connectivity index (χ3n) is 5.05. The maximum absolute atomic E-state index is 4.76. The van der Waals surface area contributed by atoms with Crippen LogP contribution in [0.25, 0.3) is 20.8 Å². The van der Waals surface area contributed by atoms with Crippen LogP contribution < -0.4 is 5.32 Å². The van der Waals surface area contributed by atoms with Gasteiger partial charge in [0, 0.05) is 29.7 Å². The summed E-state index contributed by atoms with van der Waals surface area (Å²) in [5.41, 5.74) is 5.55. The topological polar surface area (TPSA) is 37.3 Å². The predicted octanol–water partition coefficient (Wildman–Crippen LogP) is 8.04. The van der Waals surface area contributed by atoms with Gasteiger partial charge < -0.3 is 5.32 Å². The molecule has 0 atom stereocenters. The van der Waals surface area contributed by atoms with Gasteiger partial charge in [0.05, 0.1) is 15.3 Å². The largest absolute Gasteiger partial charge is 0.356 e. The molecule has 3 aromatic rings. The zero-order valence-electron chi connectivity index (χ0n) is 18.9. The highest BCUT2D eigenvalue weighted by Gasteiger charge is 2.08. The van der Waals surface area contributed by atoms with Crippen LogP contribution >= 0.6 is 23.1 Å². The van der Waals surface area contributed by atoms with Gasteiger partial charge in [-0.15, -0.1) is 23.1 Å². The molecule has 3 nitrogen and oxygen atoms in total. The lowest BCUT2D eigenvalue weighted by molar-refractivity contribution is 1.31. The second-order valence-electron chi connectivity index (χ2n) is 7.40. The van der Waals surface area contributed by atoms with Crippen molar-refractivity contribution in [1.29, 1.82) is 0 Å². The number of hydrogen-bond acceptors (Lipinski definition) is 5. The third-order valence-corrected chi connectivity index (χ3v) is 7.21. The number of thiazole rings is 1. The summed E-state index contributed by atoms with van der Waals surface area (Å²) in [6.07, 6.45) is 17.8. The molecule has 1 aliphatic rings. The maximum Gasteiger partial charge on any atom is 0.124 e. The van der Waals surface area contributed by atoms with Gasteiger partial charge in [-0.3, -0.25) is 4.99 Å². The fraction of sp³-hybridized carbons (Fsp3) is 0.143. The average Bonchev–Trinajstić information content (AvgIpc) is 3.15. The number of para-hydroxylation sites is 1. The van der Waals surface area contributed by atoms with Crippen LogP contribution in [0.5, 0.6) is 0 Å². The number of nitrogens with one attached hydrogen (secondary N) is 1. The van der Waals surface area contributed by atoms with E-state index in [1.54, 1.807) is 23.1 Å². The zero-order chi connectivity index (χ0) is 22.9. The molecule has 2 aromatic carbocycles. The fourth-order valence-electron chi connectivity index (χ4n) is 3.40. The van der Waals surface area contributed by atoms with Crippen LogP contribution in [0.15, 0.2) is 113 Å². The number of anilines is 1. The Balaban J connectivity index is 1.42. The van der Waals surface area contributed by atoms with E-state index in [1.165, 1.54) is 10.3 Å². The molecule has 0 aliphatic heterocycles. The van der Waals surface area contributed by atoms with E-state index in [9.17, 15) is 0 Å². The molecular weight excluding hydrogens is 442 g/mol. The van der Waals surface area contributed by atoms with E-state index in [0.29, 0.717) is 0 Å². The molecule has 0 saturated heterocycles. The molecule has 33 heavy (non-hydrogen) atoms. The number of thioether (sulfide) groups is 1. The van der Waals surface area contributed by atoms with Crippen LogP contribution in [0, 0.1) is 0 Å². The zero-order valence-corrected chi connectivity index (χ0v) is 20.5. The Bertz CT molecular complexity index is 1240. The lowest BCUT2D eigenvalue weighted by Crippen LogP contribution is -1.98. The summed E-state index contributed by atoms with van der Waals surface area (Å²) in [4.78, 5) is 9.26. The summed E-state index contributed by atoms with van der Waals surface area (Å²) < 4.78 is 1.22. The van der Waals surface area contributed by atoms with Crippen LogP contribution in [0.3, 0.4) is 0 Å². The van der Waals surface area contributed by atoms with E-state index in [-0.39, 0.29) is 0 Å². The molecule has 5 heteroatoms. The Kier molecular flexibility index (Phi) is 8.12. The van der Waals surface area contributed by atoms with E-state index in [0.717, 1.165) is 44.7 Å². The minimum absolute atomic E-state index is 0.872. The van der Waals surface area contributed by atoms with Crippen LogP contribution in [0.4, 0.5) is 5.69 Å². The first-order valence-electron chi connectivity index (χ1n) is 10.9. The molecule has 0 spiro atoms. The number of hydrogen-bond donors (Lipinski definition) is 1. The molecule has 0 fully saturated rings. The van der Waals surface area contributed by atoms with E-state index >= 15 is 0 Å². The van der Waals surface area contributed by atoms with E-state index in [4.69, 9.17) is 4.98 Å². The van der Waals surface area contributed by atoms with Crippen LogP contribution in [-0.4, -0.2) is 22.8 Å². The van der Waals surface area contributed by atoms with Crippen molar-refractivity contribution in [3.63, 3.8) is 0 Å². The highest BCUT2D eigenvalue weighted by atomic mass is 32.2. The number of allylic oxidation sites excluding steroid dienone is 7. The van der Waals surface area contributed by atoms with Gasteiger partial charge in [-0.2, -0.15) is 0 Å². The summed E-state index contributed by atoms with van der Waals surface area (Å²) in [6, 6.07) is 16.7. The smallest absolute Gasteiger partial charge is 0.124 e. The molecule has 0 saturated carbocycles. The van der Waals surface area contributed by atoms with Crippen LogP contribution in [0.2, 0.25) is 0 Å². The molecule has 0 amide bonds. The third kappa shape index (κ3) is 6.21. The monoisotopic (exact) mass is 469 g/mol. The first-order valence-corrected chi connectivity index (χ1v) is 12.7. The minimum atomic E-state index is 0.872. The summed E-state index contributed by atoms with van der Waals surface area (Å²) in [6.45, 7) is 2.02. The van der Waals surface area contributed by atoms with Gasteiger partial charge in [-0.1, -0.05) is 48.6 Å². The summed E-state index contributed by atoms with van der Waals surface area (Å²) in [7, 11) is 1.86. The van der Waals surface area contributed by atoms with Crippen molar-refractivity contribution in [3.8, 4) is 10.6 Å². The molecular formula is C28H27N3S2. The van der Waals surface area contributed by atoms with E-state index in [2.05, 4.69) is 89.2 Å². The van der Waals surface area contributed by atoms with Crippen molar-refractivity contribution in [1.82, 2.24) is 4.98 Å². The molecule has 1 aromatic heterocycles. The average molecular weight is 470 g/mol. The molecule has 1 N–H and O–H groups in total. The Hall–Kier alpha value is -3.15. The van der Waals surface area contributed by atoms with Crippen molar-refractivity contribution in [2.45, 2.75) is 13.3 Å². The van der Waals surface area contributed by atoms with E-state index < -0.39 is 0 Å². The summed E-state index contributed by atoms with van der Waals surface area (Å²) in [5.74, 6) is 0.911. The van der Waals surface area contributed by atoms with Gasteiger partial charge >= 0.3 is 0 Å². The van der Waals surface area contributed by atoms with Gasteiger partial charge in [0.15, 0.2) is 0 Å². The standard InChI is InChI=1S/C28H27N3S2/c1-3-4-5-8-20-32-27(29-2)21-10-9-11-23(17-14-21)30-24-18-15-22(16-19-24)28-31-25-12-6-7-13-26(25)33-28/h3-9,11-19,30H,10,20H2,1-2H3/b4-3-,8-5-,29-27-. The molecule has 0 bridgehead atoms. The van der Waals surface area contributed by atoms with Gasteiger partial charge in [-0.05, 0) is 67.5 Å². The number of aromatic nitrogens is 1. The summed E-state index contributed by atoms with van der Waals surface area (Å²) >= 11 is 3.49. The highest BCUT2D eigenvalue weighted by Crippen LogP contribution is 2.31. The molecule has 1 heterocycles. The first kappa shape index (κ1) is 23.0. The van der Waals surface area contributed by atoms with Crippen LogP contribution in [0.1, 0.15) is 13.3 Å². The van der Waals surface area contributed by atoms with Crippen molar-refractivity contribution < 1.29 is 0 Å². The predicted molar refractivity (Wildman–Crippen MR) is 148 cm³/mol. The quantitative estimate of drug-likeness (QED) is 0.216. The van der Waals surface area contributed by atoms with Crippen LogP contribution in [-0.2, 0) is 0 Å². The summed E-state index contributed by atoms with van der Waals surface area (Å²) in [5, 5.41) is 5.65. The lowest BCUT2D eigenvalue weighted by Gasteiger charge is -2.07.